The molecular formula is C12H20O2. The van der Waals surface area contributed by atoms with E-state index in [1.807, 2.05) is 0 Å². The van der Waals surface area contributed by atoms with Crippen molar-refractivity contribution in [1.29, 1.82) is 0 Å². The first-order valence-corrected chi connectivity index (χ1v) is 5.80. The Morgan fingerprint density at radius 3 is 2.71 bits per heavy atom. The quantitative estimate of drug-likeness (QED) is 0.693. The van der Waals surface area contributed by atoms with Crippen LogP contribution in [0.2, 0.25) is 0 Å². The van der Waals surface area contributed by atoms with Crippen LogP contribution in [0.5, 0.6) is 0 Å². The molecule has 0 radical (unpaired) electrons. The van der Waals surface area contributed by atoms with Gasteiger partial charge in [0.1, 0.15) is 5.78 Å². The highest BCUT2D eigenvalue weighted by Gasteiger charge is 2.34. The minimum atomic E-state index is 0.215. The second-order valence-corrected chi connectivity index (χ2v) is 5.22. The molecule has 2 rings (SSSR count). The summed E-state index contributed by atoms with van der Waals surface area (Å²) in [5, 5.41) is 0. The van der Waals surface area contributed by atoms with Crippen LogP contribution < -0.4 is 0 Å². The molecule has 1 heterocycles. The number of carbonyl (C=O) groups is 1. The van der Waals surface area contributed by atoms with E-state index in [4.69, 9.17) is 4.74 Å². The van der Waals surface area contributed by atoms with E-state index in [2.05, 4.69) is 6.92 Å². The van der Waals surface area contributed by atoms with Crippen LogP contribution in [0.4, 0.5) is 0 Å². The number of carbonyl (C=O) groups excluding carboxylic acids is 1. The van der Waals surface area contributed by atoms with E-state index >= 15 is 0 Å². The Morgan fingerprint density at radius 1 is 1.43 bits per heavy atom. The molecule has 14 heavy (non-hydrogen) atoms. The zero-order valence-electron chi connectivity index (χ0n) is 9.05. The number of hydrogen-bond acceptors (Lipinski definition) is 2. The molecule has 2 fully saturated rings. The van der Waals surface area contributed by atoms with E-state index < -0.39 is 0 Å². The molecule has 1 saturated carbocycles. The van der Waals surface area contributed by atoms with Crippen molar-refractivity contribution in [2.24, 2.45) is 11.3 Å². The Morgan fingerprint density at radius 2 is 2.14 bits per heavy atom. The zero-order valence-corrected chi connectivity index (χ0v) is 9.05. The smallest absolute Gasteiger partial charge is 0.138 e. The SMILES string of the molecule is CC1(CC(=O)C2CCOC2)CCCC1. The maximum Gasteiger partial charge on any atom is 0.138 e. The second-order valence-electron chi connectivity index (χ2n) is 5.22. The van der Waals surface area contributed by atoms with Crippen LogP contribution in [0.1, 0.15) is 45.4 Å². The third-order valence-electron chi connectivity index (χ3n) is 3.80. The number of rotatable bonds is 3. The van der Waals surface area contributed by atoms with Crippen LogP contribution in [-0.4, -0.2) is 19.0 Å². The van der Waals surface area contributed by atoms with Gasteiger partial charge in [-0.2, -0.15) is 0 Å². The van der Waals surface area contributed by atoms with Crippen LogP contribution in [-0.2, 0) is 9.53 Å². The van der Waals surface area contributed by atoms with Gasteiger partial charge in [0, 0.05) is 18.9 Å². The molecule has 0 N–H and O–H groups in total. The molecule has 1 aliphatic heterocycles. The minimum Gasteiger partial charge on any atom is -0.381 e. The Hall–Kier alpha value is -0.370. The molecule has 0 amide bonds. The van der Waals surface area contributed by atoms with Crippen LogP contribution in [0, 0.1) is 11.3 Å². The third kappa shape index (κ3) is 2.17. The summed E-state index contributed by atoms with van der Waals surface area (Å²) in [4.78, 5) is 11.9. The van der Waals surface area contributed by atoms with E-state index in [1.54, 1.807) is 0 Å². The predicted molar refractivity (Wildman–Crippen MR) is 55.1 cm³/mol. The van der Waals surface area contributed by atoms with Crippen LogP contribution >= 0.6 is 0 Å². The fourth-order valence-corrected chi connectivity index (χ4v) is 2.76. The first-order chi connectivity index (χ1) is 6.70. The Labute approximate surface area is 86.0 Å². The summed E-state index contributed by atoms with van der Waals surface area (Å²) in [6, 6.07) is 0. The lowest BCUT2D eigenvalue weighted by Gasteiger charge is -2.23. The van der Waals surface area contributed by atoms with Gasteiger partial charge < -0.3 is 4.74 Å². The van der Waals surface area contributed by atoms with E-state index in [0.29, 0.717) is 17.8 Å². The van der Waals surface area contributed by atoms with Gasteiger partial charge in [-0.3, -0.25) is 4.79 Å². The molecule has 1 atom stereocenters. The molecule has 2 aliphatic rings. The van der Waals surface area contributed by atoms with Gasteiger partial charge in [-0.1, -0.05) is 19.8 Å². The van der Waals surface area contributed by atoms with Crippen molar-refractivity contribution in [3.63, 3.8) is 0 Å². The molecule has 80 valence electrons. The van der Waals surface area contributed by atoms with Gasteiger partial charge in [0.2, 0.25) is 0 Å². The molecule has 2 nitrogen and oxygen atoms in total. The molecule has 0 aromatic rings. The van der Waals surface area contributed by atoms with Crippen molar-refractivity contribution >= 4 is 5.78 Å². The van der Waals surface area contributed by atoms with Crippen LogP contribution in [0.3, 0.4) is 0 Å². The third-order valence-corrected chi connectivity index (χ3v) is 3.80. The Balaban J connectivity index is 1.86. The number of hydrogen-bond donors (Lipinski definition) is 0. The summed E-state index contributed by atoms with van der Waals surface area (Å²) < 4.78 is 5.25. The maximum absolute atomic E-state index is 11.9. The lowest BCUT2D eigenvalue weighted by molar-refractivity contribution is -0.124. The normalized spacial score (nSPS) is 30.8. The zero-order chi connectivity index (χ0) is 10.0. The summed E-state index contributed by atoms with van der Waals surface area (Å²) in [7, 11) is 0. The minimum absolute atomic E-state index is 0.215. The monoisotopic (exact) mass is 196 g/mol. The van der Waals surface area contributed by atoms with E-state index in [9.17, 15) is 4.79 Å². The molecule has 0 spiro atoms. The summed E-state index contributed by atoms with van der Waals surface area (Å²) in [6.07, 6.45) is 6.85. The largest absolute Gasteiger partial charge is 0.381 e. The molecule has 1 saturated heterocycles. The highest BCUT2D eigenvalue weighted by molar-refractivity contribution is 5.82. The Bertz CT molecular complexity index is 210. The van der Waals surface area contributed by atoms with E-state index in [1.165, 1.54) is 25.7 Å². The van der Waals surface area contributed by atoms with Crippen molar-refractivity contribution in [1.82, 2.24) is 0 Å². The van der Waals surface area contributed by atoms with Crippen LogP contribution in [0.25, 0.3) is 0 Å². The topological polar surface area (TPSA) is 26.3 Å². The van der Waals surface area contributed by atoms with Gasteiger partial charge in [-0.05, 0) is 24.7 Å². The van der Waals surface area contributed by atoms with Crippen molar-refractivity contribution < 1.29 is 9.53 Å². The number of ketones is 1. The maximum atomic E-state index is 11.9. The van der Waals surface area contributed by atoms with Gasteiger partial charge in [-0.25, -0.2) is 0 Å². The second kappa shape index (κ2) is 4.01. The van der Waals surface area contributed by atoms with Crippen molar-refractivity contribution in [2.75, 3.05) is 13.2 Å². The molecule has 1 aliphatic carbocycles. The molecular weight excluding hydrogens is 176 g/mol. The average molecular weight is 196 g/mol. The highest BCUT2D eigenvalue weighted by Crippen LogP contribution is 2.41. The number of Topliss-reactive ketones (excluding diaryl/α,β-unsaturated/α-hetero) is 1. The van der Waals surface area contributed by atoms with Gasteiger partial charge in [0.15, 0.2) is 0 Å². The van der Waals surface area contributed by atoms with Gasteiger partial charge in [0.05, 0.1) is 6.61 Å². The van der Waals surface area contributed by atoms with Crippen molar-refractivity contribution in [2.45, 2.75) is 45.4 Å². The fourth-order valence-electron chi connectivity index (χ4n) is 2.76. The summed E-state index contributed by atoms with van der Waals surface area (Å²) >= 11 is 0. The summed E-state index contributed by atoms with van der Waals surface area (Å²) in [5.41, 5.74) is 0.319. The van der Waals surface area contributed by atoms with Crippen molar-refractivity contribution in [3.8, 4) is 0 Å². The van der Waals surface area contributed by atoms with Gasteiger partial charge in [0.25, 0.3) is 0 Å². The first-order valence-electron chi connectivity index (χ1n) is 5.80. The first kappa shape index (κ1) is 10.2. The van der Waals surface area contributed by atoms with Gasteiger partial charge in [-0.15, -0.1) is 0 Å². The van der Waals surface area contributed by atoms with Crippen molar-refractivity contribution in [3.05, 3.63) is 0 Å². The Kier molecular flexibility index (Phi) is 2.91. The van der Waals surface area contributed by atoms with Crippen LogP contribution in [0.15, 0.2) is 0 Å². The standard InChI is InChI=1S/C12H20O2/c1-12(5-2-3-6-12)8-11(13)10-4-7-14-9-10/h10H,2-9H2,1H3. The van der Waals surface area contributed by atoms with E-state index in [-0.39, 0.29) is 5.92 Å². The highest BCUT2D eigenvalue weighted by atomic mass is 16.5. The predicted octanol–water partition coefficient (Wildman–Crippen LogP) is 2.56. The summed E-state index contributed by atoms with van der Waals surface area (Å²) in [5.74, 6) is 0.666. The van der Waals surface area contributed by atoms with E-state index in [0.717, 1.165) is 19.4 Å². The summed E-state index contributed by atoms with van der Waals surface area (Å²) in [6.45, 7) is 3.73. The fraction of sp³-hybridized carbons (Fsp3) is 0.917. The lowest BCUT2D eigenvalue weighted by Crippen LogP contribution is -2.23. The number of ether oxygens (including phenoxy) is 1. The van der Waals surface area contributed by atoms with Gasteiger partial charge >= 0.3 is 0 Å². The molecule has 0 bridgehead atoms. The lowest BCUT2D eigenvalue weighted by atomic mass is 9.80. The average Bonchev–Trinajstić information content (AvgIpc) is 2.74. The molecule has 2 heteroatoms. The molecule has 1 unspecified atom stereocenters. The molecule has 0 aromatic carbocycles. The molecule has 0 aromatic heterocycles.